The Balaban J connectivity index is 1.53. The maximum Gasteiger partial charge on any atom is 0.0522 e. The standard InChI is InChI=1S/C17H24N4/c1-20-14-15(12-19-20)8-9-18-13-16-6-2-3-7-17(16)21-10-4-5-11-21/h2-3,6-7,12,14,18H,4-5,8-11,13H2,1H3. The molecule has 3 rings (SSSR count). The second kappa shape index (κ2) is 6.76. The van der Waals surface area contributed by atoms with Crippen LogP contribution in [0.25, 0.3) is 0 Å². The van der Waals surface area contributed by atoms with E-state index in [1.54, 1.807) is 0 Å². The highest BCUT2D eigenvalue weighted by atomic mass is 15.2. The van der Waals surface area contributed by atoms with Crippen LogP contribution >= 0.6 is 0 Å². The Labute approximate surface area is 126 Å². The molecule has 1 aromatic heterocycles. The van der Waals surface area contributed by atoms with Gasteiger partial charge in [-0.25, -0.2) is 0 Å². The number of aryl methyl sites for hydroxylation is 1. The van der Waals surface area contributed by atoms with Crippen LogP contribution in [0.3, 0.4) is 0 Å². The molecule has 1 aromatic carbocycles. The third-order valence-corrected chi connectivity index (χ3v) is 4.10. The second-order valence-electron chi connectivity index (χ2n) is 5.77. The summed E-state index contributed by atoms with van der Waals surface area (Å²) in [7, 11) is 1.96. The first-order valence-electron chi connectivity index (χ1n) is 7.84. The Morgan fingerprint density at radius 2 is 2.00 bits per heavy atom. The molecule has 1 saturated heterocycles. The van der Waals surface area contributed by atoms with E-state index < -0.39 is 0 Å². The van der Waals surface area contributed by atoms with Crippen LogP contribution in [0.15, 0.2) is 36.7 Å². The lowest BCUT2D eigenvalue weighted by Crippen LogP contribution is -2.22. The van der Waals surface area contributed by atoms with Crippen molar-refractivity contribution in [2.45, 2.75) is 25.8 Å². The van der Waals surface area contributed by atoms with E-state index in [2.05, 4.69) is 45.8 Å². The zero-order chi connectivity index (χ0) is 14.5. The number of hydrogen-bond acceptors (Lipinski definition) is 3. The summed E-state index contributed by atoms with van der Waals surface area (Å²) in [6, 6.07) is 8.78. The second-order valence-corrected chi connectivity index (χ2v) is 5.77. The Morgan fingerprint density at radius 1 is 1.19 bits per heavy atom. The van der Waals surface area contributed by atoms with Crippen LogP contribution in [-0.2, 0) is 20.0 Å². The Bertz CT molecular complexity index is 570. The molecule has 1 N–H and O–H groups in total. The molecule has 1 fully saturated rings. The third kappa shape index (κ3) is 3.64. The maximum atomic E-state index is 4.20. The molecule has 0 unspecified atom stereocenters. The van der Waals surface area contributed by atoms with Crippen molar-refractivity contribution in [1.82, 2.24) is 15.1 Å². The predicted molar refractivity (Wildman–Crippen MR) is 86.5 cm³/mol. The van der Waals surface area contributed by atoms with Crippen LogP contribution in [0.4, 0.5) is 5.69 Å². The fourth-order valence-corrected chi connectivity index (χ4v) is 2.98. The van der Waals surface area contributed by atoms with Gasteiger partial charge in [-0.15, -0.1) is 0 Å². The zero-order valence-electron chi connectivity index (χ0n) is 12.8. The molecule has 0 amide bonds. The van der Waals surface area contributed by atoms with Gasteiger partial charge in [0.1, 0.15) is 0 Å². The summed E-state index contributed by atoms with van der Waals surface area (Å²) in [4.78, 5) is 2.51. The molecule has 0 atom stereocenters. The van der Waals surface area contributed by atoms with E-state index >= 15 is 0 Å². The molecule has 0 bridgehead atoms. The Hall–Kier alpha value is -1.81. The summed E-state index contributed by atoms with van der Waals surface area (Å²) >= 11 is 0. The number of benzene rings is 1. The van der Waals surface area contributed by atoms with Crippen LogP contribution in [-0.4, -0.2) is 29.4 Å². The normalized spacial score (nSPS) is 14.8. The molecular weight excluding hydrogens is 260 g/mol. The van der Waals surface area contributed by atoms with Gasteiger partial charge in [-0.3, -0.25) is 4.68 Å². The summed E-state index contributed by atoms with van der Waals surface area (Å²) in [5.41, 5.74) is 4.10. The Morgan fingerprint density at radius 3 is 2.76 bits per heavy atom. The summed E-state index contributed by atoms with van der Waals surface area (Å²) < 4.78 is 1.86. The van der Waals surface area contributed by atoms with E-state index in [9.17, 15) is 0 Å². The van der Waals surface area contributed by atoms with Gasteiger partial charge in [0.25, 0.3) is 0 Å². The molecule has 1 aliphatic heterocycles. The molecule has 0 saturated carbocycles. The highest BCUT2D eigenvalue weighted by Gasteiger charge is 2.14. The lowest BCUT2D eigenvalue weighted by Gasteiger charge is -2.21. The van der Waals surface area contributed by atoms with Crippen molar-refractivity contribution in [3.8, 4) is 0 Å². The quantitative estimate of drug-likeness (QED) is 0.827. The van der Waals surface area contributed by atoms with Crippen molar-refractivity contribution in [3.05, 3.63) is 47.8 Å². The molecule has 2 aromatic rings. The molecule has 4 nitrogen and oxygen atoms in total. The zero-order valence-corrected chi connectivity index (χ0v) is 12.8. The summed E-state index contributed by atoms with van der Waals surface area (Å²) in [5.74, 6) is 0. The average Bonchev–Trinajstić information content (AvgIpc) is 3.16. The minimum Gasteiger partial charge on any atom is -0.371 e. The molecule has 1 aliphatic rings. The number of nitrogens with zero attached hydrogens (tertiary/aromatic N) is 3. The highest BCUT2D eigenvalue weighted by Crippen LogP contribution is 2.24. The molecule has 21 heavy (non-hydrogen) atoms. The van der Waals surface area contributed by atoms with Crippen molar-refractivity contribution in [1.29, 1.82) is 0 Å². The van der Waals surface area contributed by atoms with Crippen molar-refractivity contribution >= 4 is 5.69 Å². The monoisotopic (exact) mass is 284 g/mol. The highest BCUT2D eigenvalue weighted by molar-refractivity contribution is 5.54. The molecule has 0 spiro atoms. The van der Waals surface area contributed by atoms with Crippen molar-refractivity contribution < 1.29 is 0 Å². The first-order chi connectivity index (χ1) is 10.3. The van der Waals surface area contributed by atoms with Crippen molar-refractivity contribution in [3.63, 3.8) is 0 Å². The number of anilines is 1. The first kappa shape index (κ1) is 14.1. The number of nitrogens with one attached hydrogen (secondary N) is 1. The van der Waals surface area contributed by atoms with E-state index in [0.29, 0.717) is 0 Å². The minimum absolute atomic E-state index is 0.937. The van der Waals surface area contributed by atoms with Crippen LogP contribution in [0, 0.1) is 0 Å². The van der Waals surface area contributed by atoms with Gasteiger partial charge in [-0.05, 0) is 43.0 Å². The van der Waals surface area contributed by atoms with Crippen molar-refractivity contribution in [2.75, 3.05) is 24.5 Å². The molecular formula is C17H24N4. The molecule has 0 radical (unpaired) electrons. The fourth-order valence-electron chi connectivity index (χ4n) is 2.98. The fraction of sp³-hybridized carbons (Fsp3) is 0.471. The van der Waals surface area contributed by atoms with Gasteiger partial charge in [-0.2, -0.15) is 5.10 Å². The predicted octanol–water partition coefficient (Wildman–Crippen LogP) is 2.35. The SMILES string of the molecule is Cn1cc(CCNCc2ccccc2N2CCCC2)cn1. The average molecular weight is 284 g/mol. The summed E-state index contributed by atoms with van der Waals surface area (Å²) in [6.07, 6.45) is 7.70. The largest absolute Gasteiger partial charge is 0.371 e. The van der Waals surface area contributed by atoms with E-state index in [1.165, 1.54) is 42.7 Å². The first-order valence-corrected chi connectivity index (χ1v) is 7.84. The lowest BCUT2D eigenvalue weighted by molar-refractivity contribution is 0.684. The summed E-state index contributed by atoms with van der Waals surface area (Å²) in [6.45, 7) is 4.33. The van der Waals surface area contributed by atoms with Gasteiger partial charge in [-0.1, -0.05) is 18.2 Å². The van der Waals surface area contributed by atoms with E-state index in [-0.39, 0.29) is 0 Å². The van der Waals surface area contributed by atoms with E-state index in [4.69, 9.17) is 0 Å². The molecule has 112 valence electrons. The van der Waals surface area contributed by atoms with Crippen molar-refractivity contribution in [2.24, 2.45) is 7.05 Å². The van der Waals surface area contributed by atoms with Gasteiger partial charge in [0, 0.05) is 38.6 Å². The lowest BCUT2D eigenvalue weighted by atomic mass is 10.1. The third-order valence-electron chi connectivity index (χ3n) is 4.10. The van der Waals surface area contributed by atoms with Gasteiger partial charge >= 0.3 is 0 Å². The topological polar surface area (TPSA) is 33.1 Å². The van der Waals surface area contributed by atoms with E-state index in [1.807, 2.05) is 17.9 Å². The van der Waals surface area contributed by atoms with Gasteiger partial charge in [0.15, 0.2) is 0 Å². The van der Waals surface area contributed by atoms with Crippen LogP contribution in [0.5, 0.6) is 0 Å². The molecule has 2 heterocycles. The van der Waals surface area contributed by atoms with E-state index in [0.717, 1.165) is 19.5 Å². The number of rotatable bonds is 6. The molecule has 4 heteroatoms. The van der Waals surface area contributed by atoms with Gasteiger partial charge in [0.05, 0.1) is 6.20 Å². The van der Waals surface area contributed by atoms with Crippen LogP contribution < -0.4 is 10.2 Å². The number of aromatic nitrogens is 2. The molecule has 0 aliphatic carbocycles. The van der Waals surface area contributed by atoms with Crippen LogP contribution in [0.1, 0.15) is 24.0 Å². The number of hydrogen-bond donors (Lipinski definition) is 1. The Kier molecular flexibility index (Phi) is 4.55. The van der Waals surface area contributed by atoms with Gasteiger partial charge < -0.3 is 10.2 Å². The summed E-state index contributed by atoms with van der Waals surface area (Å²) in [5, 5.41) is 7.76. The van der Waals surface area contributed by atoms with Crippen LogP contribution in [0.2, 0.25) is 0 Å². The minimum atomic E-state index is 0.937. The smallest absolute Gasteiger partial charge is 0.0522 e. The number of para-hydroxylation sites is 1. The maximum absolute atomic E-state index is 4.20. The van der Waals surface area contributed by atoms with Gasteiger partial charge in [0.2, 0.25) is 0 Å².